The minimum absolute atomic E-state index is 0.502. The van der Waals surface area contributed by atoms with Gasteiger partial charge in [-0.1, -0.05) is 17.3 Å². The Bertz CT molecular complexity index is 445. The van der Waals surface area contributed by atoms with Gasteiger partial charge >= 0.3 is 0 Å². The number of para-hydroxylation sites is 1. The maximum Gasteiger partial charge on any atom is 0.113 e. The molecule has 0 amide bonds. The molecule has 1 aliphatic rings. The van der Waals surface area contributed by atoms with Crippen LogP contribution in [0.4, 0.5) is 0 Å². The van der Waals surface area contributed by atoms with Crippen molar-refractivity contribution < 1.29 is 0 Å². The van der Waals surface area contributed by atoms with Crippen molar-refractivity contribution in [3.8, 4) is 0 Å². The van der Waals surface area contributed by atoms with E-state index in [9.17, 15) is 0 Å². The molecule has 4 heteroatoms. The first-order valence-electron chi connectivity index (χ1n) is 4.87. The summed E-state index contributed by atoms with van der Waals surface area (Å²) in [6.07, 6.45) is 2.52. The second kappa shape index (κ2) is 3.28. The fourth-order valence-electron chi connectivity index (χ4n) is 1.85. The van der Waals surface area contributed by atoms with Gasteiger partial charge in [-0.15, -0.1) is 16.9 Å². The van der Waals surface area contributed by atoms with Gasteiger partial charge in [0.25, 0.3) is 0 Å². The van der Waals surface area contributed by atoms with E-state index in [0.29, 0.717) is 5.37 Å². The van der Waals surface area contributed by atoms with Crippen molar-refractivity contribution in [3.63, 3.8) is 0 Å². The highest BCUT2D eigenvalue weighted by Gasteiger charge is 2.20. The molecule has 2 heterocycles. The standard InChI is InChI=1S/C10H11N3S/c1-2-5-9-8(4-1)11-12-13(9)10-6-3-7-14-10/h1-2,4-5,10H,3,6-7H2. The summed E-state index contributed by atoms with van der Waals surface area (Å²) in [6, 6.07) is 8.15. The Morgan fingerprint density at radius 2 is 2.29 bits per heavy atom. The van der Waals surface area contributed by atoms with Crippen LogP contribution in [0.25, 0.3) is 11.0 Å². The Balaban J connectivity index is 2.11. The zero-order valence-corrected chi connectivity index (χ0v) is 8.57. The van der Waals surface area contributed by atoms with Crippen molar-refractivity contribution in [1.82, 2.24) is 15.0 Å². The van der Waals surface area contributed by atoms with Crippen LogP contribution >= 0.6 is 11.8 Å². The van der Waals surface area contributed by atoms with E-state index in [4.69, 9.17) is 0 Å². The van der Waals surface area contributed by atoms with Crippen LogP contribution in [0.15, 0.2) is 24.3 Å². The Morgan fingerprint density at radius 3 is 3.14 bits per heavy atom. The maximum absolute atomic E-state index is 4.22. The van der Waals surface area contributed by atoms with Crippen LogP contribution in [0.3, 0.4) is 0 Å². The molecule has 1 saturated heterocycles. The molecule has 14 heavy (non-hydrogen) atoms. The highest BCUT2D eigenvalue weighted by molar-refractivity contribution is 7.99. The number of hydrogen-bond donors (Lipinski definition) is 0. The zero-order chi connectivity index (χ0) is 9.38. The van der Waals surface area contributed by atoms with E-state index in [2.05, 4.69) is 21.1 Å². The predicted molar refractivity (Wildman–Crippen MR) is 58.3 cm³/mol. The molecule has 0 radical (unpaired) electrons. The van der Waals surface area contributed by atoms with E-state index < -0.39 is 0 Å². The van der Waals surface area contributed by atoms with E-state index >= 15 is 0 Å². The first kappa shape index (κ1) is 8.29. The topological polar surface area (TPSA) is 30.7 Å². The lowest BCUT2D eigenvalue weighted by Gasteiger charge is -2.08. The summed E-state index contributed by atoms with van der Waals surface area (Å²) in [5.41, 5.74) is 2.16. The van der Waals surface area contributed by atoms with Gasteiger partial charge in [0.1, 0.15) is 5.52 Å². The van der Waals surface area contributed by atoms with E-state index in [-0.39, 0.29) is 0 Å². The minimum Gasteiger partial charge on any atom is -0.232 e. The summed E-state index contributed by atoms with van der Waals surface area (Å²) in [5, 5.41) is 8.89. The second-order valence-electron chi connectivity index (χ2n) is 3.49. The normalized spacial score (nSPS) is 21.9. The Morgan fingerprint density at radius 1 is 1.36 bits per heavy atom. The van der Waals surface area contributed by atoms with Crippen LogP contribution in [0.5, 0.6) is 0 Å². The van der Waals surface area contributed by atoms with Crippen molar-refractivity contribution >= 4 is 22.8 Å². The quantitative estimate of drug-likeness (QED) is 0.716. The van der Waals surface area contributed by atoms with Crippen LogP contribution in [0.1, 0.15) is 18.2 Å². The number of benzene rings is 1. The van der Waals surface area contributed by atoms with E-state index in [0.717, 1.165) is 11.0 Å². The molecule has 1 atom stereocenters. The summed E-state index contributed by atoms with van der Waals surface area (Å²) in [7, 11) is 0. The van der Waals surface area contributed by atoms with Gasteiger partial charge in [0.05, 0.1) is 10.9 Å². The lowest BCUT2D eigenvalue weighted by molar-refractivity contribution is 0.573. The van der Waals surface area contributed by atoms with Gasteiger partial charge in [0.15, 0.2) is 0 Å². The first-order valence-corrected chi connectivity index (χ1v) is 5.91. The van der Waals surface area contributed by atoms with Crippen molar-refractivity contribution in [2.45, 2.75) is 18.2 Å². The summed E-state index contributed by atoms with van der Waals surface area (Å²) >= 11 is 1.98. The number of rotatable bonds is 1. The molecular weight excluding hydrogens is 194 g/mol. The molecule has 1 fully saturated rings. The van der Waals surface area contributed by atoms with Crippen molar-refractivity contribution in [2.24, 2.45) is 0 Å². The fourth-order valence-corrected chi connectivity index (χ4v) is 3.09. The molecule has 1 aliphatic heterocycles. The molecule has 1 aromatic carbocycles. The van der Waals surface area contributed by atoms with Crippen LogP contribution < -0.4 is 0 Å². The lowest BCUT2D eigenvalue weighted by Crippen LogP contribution is -2.03. The molecule has 0 spiro atoms. The van der Waals surface area contributed by atoms with Crippen LogP contribution in [0.2, 0.25) is 0 Å². The highest BCUT2D eigenvalue weighted by Crippen LogP contribution is 2.36. The lowest BCUT2D eigenvalue weighted by atomic mass is 10.3. The Labute approximate surface area is 86.5 Å². The molecule has 3 nitrogen and oxygen atoms in total. The molecule has 0 bridgehead atoms. The molecule has 1 unspecified atom stereocenters. The molecule has 2 aromatic rings. The summed E-state index contributed by atoms with van der Waals surface area (Å²) < 4.78 is 2.06. The first-order chi connectivity index (χ1) is 6.95. The zero-order valence-electron chi connectivity index (χ0n) is 7.76. The SMILES string of the molecule is c1ccc2c(c1)nnn2C1CCCS1. The highest BCUT2D eigenvalue weighted by atomic mass is 32.2. The van der Waals surface area contributed by atoms with Crippen LogP contribution in [0, 0.1) is 0 Å². The predicted octanol–water partition coefficient (Wildman–Crippen LogP) is 2.46. The van der Waals surface area contributed by atoms with Gasteiger partial charge in [0, 0.05) is 0 Å². The average Bonchev–Trinajstić information content (AvgIpc) is 2.85. The van der Waals surface area contributed by atoms with Gasteiger partial charge in [-0.3, -0.25) is 0 Å². The number of aromatic nitrogens is 3. The van der Waals surface area contributed by atoms with E-state index in [1.807, 2.05) is 30.0 Å². The van der Waals surface area contributed by atoms with E-state index in [1.54, 1.807) is 0 Å². The van der Waals surface area contributed by atoms with Gasteiger partial charge in [0.2, 0.25) is 0 Å². The summed E-state index contributed by atoms with van der Waals surface area (Å²) in [6.45, 7) is 0. The molecule has 0 saturated carbocycles. The summed E-state index contributed by atoms with van der Waals surface area (Å²) in [4.78, 5) is 0. The minimum atomic E-state index is 0.502. The molecule has 0 aliphatic carbocycles. The average molecular weight is 205 g/mol. The molecule has 0 N–H and O–H groups in total. The van der Waals surface area contributed by atoms with Crippen molar-refractivity contribution in [3.05, 3.63) is 24.3 Å². The maximum atomic E-state index is 4.22. The monoisotopic (exact) mass is 205 g/mol. The Kier molecular flexibility index (Phi) is 1.94. The largest absolute Gasteiger partial charge is 0.232 e. The second-order valence-corrected chi connectivity index (χ2v) is 4.78. The molecule has 3 rings (SSSR count). The summed E-state index contributed by atoms with van der Waals surface area (Å²) in [5.74, 6) is 1.25. The van der Waals surface area contributed by atoms with Gasteiger partial charge in [-0.25, -0.2) is 4.68 Å². The van der Waals surface area contributed by atoms with Gasteiger partial charge in [-0.2, -0.15) is 0 Å². The number of fused-ring (bicyclic) bond motifs is 1. The number of thioether (sulfide) groups is 1. The van der Waals surface area contributed by atoms with Gasteiger partial charge < -0.3 is 0 Å². The number of hydrogen-bond acceptors (Lipinski definition) is 3. The molecule has 72 valence electrons. The van der Waals surface area contributed by atoms with Crippen molar-refractivity contribution in [1.29, 1.82) is 0 Å². The molecular formula is C10H11N3S. The van der Waals surface area contributed by atoms with Crippen LogP contribution in [-0.4, -0.2) is 20.7 Å². The fraction of sp³-hybridized carbons (Fsp3) is 0.400. The van der Waals surface area contributed by atoms with Crippen LogP contribution in [-0.2, 0) is 0 Å². The third kappa shape index (κ3) is 1.21. The smallest absolute Gasteiger partial charge is 0.113 e. The van der Waals surface area contributed by atoms with Gasteiger partial charge in [-0.05, 0) is 30.7 Å². The number of nitrogens with zero attached hydrogens (tertiary/aromatic N) is 3. The third-order valence-electron chi connectivity index (χ3n) is 2.56. The van der Waals surface area contributed by atoms with Crippen molar-refractivity contribution in [2.75, 3.05) is 5.75 Å². The third-order valence-corrected chi connectivity index (χ3v) is 3.90. The van der Waals surface area contributed by atoms with E-state index in [1.165, 1.54) is 18.6 Å². The Hall–Kier alpha value is -1.03. The molecule has 1 aromatic heterocycles.